The van der Waals surface area contributed by atoms with E-state index in [4.69, 9.17) is 0 Å². The van der Waals surface area contributed by atoms with Gasteiger partial charge in [0.1, 0.15) is 5.01 Å². The highest BCUT2D eigenvalue weighted by atomic mass is 32.1. The van der Waals surface area contributed by atoms with Gasteiger partial charge in [-0.1, -0.05) is 41.7 Å². The fourth-order valence-corrected chi connectivity index (χ4v) is 2.24. The van der Waals surface area contributed by atoms with Crippen molar-refractivity contribution >= 4 is 22.4 Å². The predicted molar refractivity (Wildman–Crippen MR) is 68.1 cm³/mol. The van der Waals surface area contributed by atoms with Gasteiger partial charge in [-0.15, -0.1) is 10.2 Å². The van der Waals surface area contributed by atoms with Crippen LogP contribution in [0.15, 0.2) is 30.3 Å². The summed E-state index contributed by atoms with van der Waals surface area (Å²) in [7, 11) is 0. The Labute approximate surface area is 104 Å². The van der Waals surface area contributed by atoms with Crippen molar-refractivity contribution in [2.24, 2.45) is 0 Å². The Morgan fingerprint density at radius 2 is 2.00 bits per heavy atom. The minimum absolute atomic E-state index is 0.115. The highest BCUT2D eigenvalue weighted by molar-refractivity contribution is 7.15. The first-order valence-corrected chi connectivity index (χ1v) is 6.19. The molecule has 0 aliphatic rings. The van der Waals surface area contributed by atoms with Gasteiger partial charge in [-0.3, -0.25) is 4.79 Å². The van der Waals surface area contributed by atoms with Crippen LogP contribution >= 0.6 is 11.3 Å². The van der Waals surface area contributed by atoms with Crippen LogP contribution in [0.1, 0.15) is 17.5 Å². The van der Waals surface area contributed by atoms with Crippen LogP contribution in [-0.4, -0.2) is 16.1 Å². The second-order valence-electron chi connectivity index (χ2n) is 3.67. The summed E-state index contributed by atoms with van der Waals surface area (Å²) < 4.78 is 0. The number of hydrogen-bond donors (Lipinski definition) is 1. The molecular formula is C12H13N3OS. The normalized spacial score (nSPS) is 10.2. The van der Waals surface area contributed by atoms with Gasteiger partial charge in [0.25, 0.3) is 0 Å². The number of carbonyl (C=O) groups excluding carboxylic acids is 1. The fraction of sp³-hybridized carbons (Fsp3) is 0.250. The molecule has 0 saturated heterocycles. The Kier molecular flexibility index (Phi) is 3.82. The maximum absolute atomic E-state index is 10.8. The van der Waals surface area contributed by atoms with Crippen LogP contribution in [0.3, 0.4) is 0 Å². The summed E-state index contributed by atoms with van der Waals surface area (Å²) in [4.78, 5) is 10.8. The average molecular weight is 247 g/mol. The lowest BCUT2D eigenvalue weighted by Crippen LogP contribution is -2.04. The number of nitrogens with one attached hydrogen (secondary N) is 1. The van der Waals surface area contributed by atoms with Crippen molar-refractivity contribution in [3.8, 4) is 0 Å². The zero-order valence-electron chi connectivity index (χ0n) is 9.51. The molecule has 17 heavy (non-hydrogen) atoms. The number of hydrogen-bond acceptors (Lipinski definition) is 4. The topological polar surface area (TPSA) is 54.9 Å². The molecule has 1 aromatic heterocycles. The zero-order chi connectivity index (χ0) is 12.1. The third-order valence-electron chi connectivity index (χ3n) is 2.22. The summed E-state index contributed by atoms with van der Waals surface area (Å²) in [6.07, 6.45) is 1.79. The molecule has 0 spiro atoms. The van der Waals surface area contributed by atoms with Crippen LogP contribution in [-0.2, 0) is 17.6 Å². The Balaban J connectivity index is 1.91. The summed E-state index contributed by atoms with van der Waals surface area (Å²) >= 11 is 1.43. The number of carbonyl (C=O) groups is 1. The van der Waals surface area contributed by atoms with E-state index >= 15 is 0 Å². The quantitative estimate of drug-likeness (QED) is 0.901. The van der Waals surface area contributed by atoms with E-state index in [-0.39, 0.29) is 5.91 Å². The summed E-state index contributed by atoms with van der Waals surface area (Å²) in [6, 6.07) is 10.2. The molecular weight excluding hydrogens is 234 g/mol. The van der Waals surface area contributed by atoms with Gasteiger partial charge in [-0.05, 0) is 12.0 Å². The molecule has 0 fully saturated rings. The van der Waals surface area contributed by atoms with Crippen LogP contribution in [0.2, 0.25) is 0 Å². The predicted octanol–water partition coefficient (Wildman–Crippen LogP) is 2.28. The Bertz CT molecular complexity index is 495. The van der Waals surface area contributed by atoms with Gasteiger partial charge in [-0.2, -0.15) is 0 Å². The Morgan fingerprint density at radius 3 is 2.71 bits per heavy atom. The van der Waals surface area contributed by atoms with Crippen LogP contribution in [0, 0.1) is 0 Å². The van der Waals surface area contributed by atoms with E-state index in [9.17, 15) is 4.79 Å². The van der Waals surface area contributed by atoms with Crippen molar-refractivity contribution < 1.29 is 4.79 Å². The number of nitrogens with zero attached hydrogens (tertiary/aromatic N) is 2. The number of aryl methyl sites for hydroxylation is 2. The molecule has 0 bridgehead atoms. The first kappa shape index (κ1) is 11.7. The minimum atomic E-state index is -0.115. The Hall–Kier alpha value is -1.75. The molecule has 2 rings (SSSR count). The monoisotopic (exact) mass is 247 g/mol. The van der Waals surface area contributed by atoms with Gasteiger partial charge < -0.3 is 5.32 Å². The smallest absolute Gasteiger partial charge is 0.223 e. The second kappa shape index (κ2) is 5.54. The third kappa shape index (κ3) is 3.64. The molecule has 2 aromatic rings. The van der Waals surface area contributed by atoms with Crippen molar-refractivity contribution in [1.29, 1.82) is 0 Å². The van der Waals surface area contributed by atoms with Gasteiger partial charge in [0, 0.05) is 13.3 Å². The zero-order valence-corrected chi connectivity index (χ0v) is 10.3. The molecule has 1 heterocycles. The third-order valence-corrected chi connectivity index (χ3v) is 3.12. The Morgan fingerprint density at radius 1 is 1.24 bits per heavy atom. The maximum Gasteiger partial charge on any atom is 0.223 e. The van der Waals surface area contributed by atoms with Gasteiger partial charge in [0.05, 0.1) is 0 Å². The molecule has 4 nitrogen and oxygen atoms in total. The van der Waals surface area contributed by atoms with E-state index in [1.165, 1.54) is 23.8 Å². The summed E-state index contributed by atoms with van der Waals surface area (Å²) in [5, 5.41) is 12.1. The van der Waals surface area contributed by atoms with Gasteiger partial charge >= 0.3 is 0 Å². The molecule has 0 aliphatic heterocycles. The lowest BCUT2D eigenvalue weighted by molar-refractivity contribution is -0.114. The highest BCUT2D eigenvalue weighted by Gasteiger charge is 2.05. The van der Waals surface area contributed by atoms with Gasteiger partial charge in [0.2, 0.25) is 11.0 Å². The first-order chi connectivity index (χ1) is 8.24. The van der Waals surface area contributed by atoms with E-state index in [2.05, 4.69) is 27.6 Å². The number of anilines is 1. The van der Waals surface area contributed by atoms with E-state index in [1.807, 2.05) is 18.2 Å². The second-order valence-corrected chi connectivity index (χ2v) is 4.73. The SMILES string of the molecule is CC(=O)Nc1nnc(CCc2ccccc2)s1. The molecule has 0 radical (unpaired) electrons. The largest absolute Gasteiger partial charge is 0.301 e. The molecule has 1 aromatic carbocycles. The average Bonchev–Trinajstić information content (AvgIpc) is 2.75. The van der Waals surface area contributed by atoms with E-state index in [1.54, 1.807) is 0 Å². The van der Waals surface area contributed by atoms with Crippen LogP contribution in [0.4, 0.5) is 5.13 Å². The lowest BCUT2D eigenvalue weighted by atomic mass is 10.1. The van der Waals surface area contributed by atoms with E-state index in [0.717, 1.165) is 17.8 Å². The van der Waals surface area contributed by atoms with Crippen LogP contribution in [0.5, 0.6) is 0 Å². The minimum Gasteiger partial charge on any atom is -0.301 e. The molecule has 1 amide bonds. The lowest BCUT2D eigenvalue weighted by Gasteiger charge is -1.97. The standard InChI is InChI=1S/C12H13N3OS/c1-9(16)13-12-15-14-11(17-12)8-7-10-5-3-2-4-6-10/h2-6H,7-8H2,1H3,(H,13,15,16). The maximum atomic E-state index is 10.8. The summed E-state index contributed by atoms with van der Waals surface area (Å²) in [5.41, 5.74) is 1.28. The van der Waals surface area contributed by atoms with E-state index in [0.29, 0.717) is 5.13 Å². The van der Waals surface area contributed by atoms with Crippen LogP contribution < -0.4 is 5.32 Å². The van der Waals surface area contributed by atoms with Crippen molar-refractivity contribution in [2.75, 3.05) is 5.32 Å². The summed E-state index contributed by atoms with van der Waals surface area (Å²) in [6.45, 7) is 1.46. The van der Waals surface area contributed by atoms with Crippen LogP contribution in [0.25, 0.3) is 0 Å². The highest BCUT2D eigenvalue weighted by Crippen LogP contribution is 2.16. The molecule has 0 saturated carbocycles. The number of rotatable bonds is 4. The molecule has 88 valence electrons. The number of aromatic nitrogens is 2. The van der Waals surface area contributed by atoms with E-state index < -0.39 is 0 Å². The van der Waals surface area contributed by atoms with Gasteiger partial charge in [0.15, 0.2) is 0 Å². The van der Waals surface area contributed by atoms with Crippen molar-refractivity contribution in [2.45, 2.75) is 19.8 Å². The van der Waals surface area contributed by atoms with Crippen molar-refractivity contribution in [1.82, 2.24) is 10.2 Å². The number of benzene rings is 1. The number of amides is 1. The molecule has 0 unspecified atom stereocenters. The van der Waals surface area contributed by atoms with Gasteiger partial charge in [-0.25, -0.2) is 0 Å². The fourth-order valence-electron chi connectivity index (χ4n) is 1.45. The van der Waals surface area contributed by atoms with Crippen molar-refractivity contribution in [3.63, 3.8) is 0 Å². The molecule has 5 heteroatoms. The molecule has 0 atom stereocenters. The molecule has 1 N–H and O–H groups in total. The molecule has 0 aliphatic carbocycles. The van der Waals surface area contributed by atoms with Crippen molar-refractivity contribution in [3.05, 3.63) is 40.9 Å². The summed E-state index contributed by atoms with van der Waals surface area (Å²) in [5.74, 6) is -0.115. The first-order valence-electron chi connectivity index (χ1n) is 5.38.